The molecule has 0 aliphatic carbocycles. The number of benzene rings is 2. The number of hydrogen-bond donors (Lipinski definition) is 0. The van der Waals surface area contributed by atoms with Gasteiger partial charge in [-0.3, -0.25) is 4.79 Å². The molecule has 2 rings (SSSR count). The van der Waals surface area contributed by atoms with Gasteiger partial charge in [0.2, 0.25) is 0 Å². The molecular weight excluding hydrogens is 373 g/mol. The standard InChI is InChI=1S/C21H23F3O2S/c1-5-15-10-14(4)18(11-13(15)3)26-12-16-17(21(22,23)24)8-7-9-19(16)27-20(25)6-2/h7-11H,5-6,12H2,1-4H3. The summed E-state index contributed by atoms with van der Waals surface area (Å²) in [6, 6.07) is 7.73. The molecule has 6 heteroatoms. The lowest BCUT2D eigenvalue weighted by Crippen LogP contribution is -2.12. The van der Waals surface area contributed by atoms with E-state index < -0.39 is 11.7 Å². The molecule has 2 aromatic rings. The van der Waals surface area contributed by atoms with Crippen molar-refractivity contribution >= 4 is 16.9 Å². The number of carbonyl (C=O) groups is 1. The predicted molar refractivity (Wildman–Crippen MR) is 102 cm³/mol. The van der Waals surface area contributed by atoms with Crippen LogP contribution in [0.5, 0.6) is 5.75 Å². The van der Waals surface area contributed by atoms with Gasteiger partial charge in [-0.2, -0.15) is 13.2 Å². The number of alkyl halides is 3. The fourth-order valence-corrected chi connectivity index (χ4v) is 3.63. The van der Waals surface area contributed by atoms with Crippen LogP contribution in [0.1, 0.15) is 48.1 Å². The highest BCUT2D eigenvalue weighted by molar-refractivity contribution is 8.13. The maximum Gasteiger partial charge on any atom is 0.416 e. The largest absolute Gasteiger partial charge is 0.489 e. The lowest BCUT2D eigenvalue weighted by atomic mass is 10.0. The van der Waals surface area contributed by atoms with Crippen LogP contribution < -0.4 is 4.74 Å². The van der Waals surface area contributed by atoms with Crippen LogP contribution in [0.15, 0.2) is 35.2 Å². The zero-order valence-corrected chi connectivity index (χ0v) is 16.7. The maximum absolute atomic E-state index is 13.5. The van der Waals surface area contributed by atoms with Crippen LogP contribution in [-0.4, -0.2) is 5.12 Å². The molecule has 0 spiro atoms. The molecular formula is C21H23F3O2S. The van der Waals surface area contributed by atoms with E-state index >= 15 is 0 Å². The summed E-state index contributed by atoms with van der Waals surface area (Å²) >= 11 is 0.830. The van der Waals surface area contributed by atoms with Crippen molar-refractivity contribution in [1.29, 1.82) is 0 Å². The van der Waals surface area contributed by atoms with E-state index in [0.29, 0.717) is 5.75 Å². The van der Waals surface area contributed by atoms with E-state index in [1.807, 2.05) is 26.0 Å². The van der Waals surface area contributed by atoms with Crippen LogP contribution in [0.3, 0.4) is 0 Å². The van der Waals surface area contributed by atoms with Crippen molar-refractivity contribution < 1.29 is 22.7 Å². The predicted octanol–water partition coefficient (Wildman–Crippen LogP) is 6.49. The first-order valence-electron chi connectivity index (χ1n) is 8.80. The summed E-state index contributed by atoms with van der Waals surface area (Å²) in [4.78, 5) is 12.1. The number of ether oxygens (including phenoxy) is 1. The van der Waals surface area contributed by atoms with Gasteiger partial charge in [0.15, 0.2) is 5.12 Å². The second kappa shape index (κ2) is 8.83. The fraction of sp³-hybridized carbons (Fsp3) is 0.381. The van der Waals surface area contributed by atoms with Crippen LogP contribution in [-0.2, 0) is 24.0 Å². The van der Waals surface area contributed by atoms with Gasteiger partial charge in [-0.15, -0.1) is 0 Å². The highest BCUT2D eigenvalue weighted by atomic mass is 32.2. The Morgan fingerprint density at radius 1 is 1.11 bits per heavy atom. The summed E-state index contributed by atoms with van der Waals surface area (Å²) in [6.45, 7) is 7.31. The molecule has 0 bridgehead atoms. The number of carbonyl (C=O) groups excluding carboxylic acids is 1. The monoisotopic (exact) mass is 396 g/mol. The molecule has 0 fully saturated rings. The van der Waals surface area contributed by atoms with Crippen LogP contribution in [0.25, 0.3) is 0 Å². The van der Waals surface area contributed by atoms with Crippen molar-refractivity contribution in [2.45, 2.75) is 58.2 Å². The Bertz CT molecular complexity index is 829. The van der Waals surface area contributed by atoms with Gasteiger partial charge in [-0.25, -0.2) is 0 Å². The average molecular weight is 396 g/mol. The van der Waals surface area contributed by atoms with Crippen molar-refractivity contribution in [3.8, 4) is 5.75 Å². The highest BCUT2D eigenvalue weighted by Gasteiger charge is 2.34. The number of hydrogen-bond acceptors (Lipinski definition) is 3. The molecule has 27 heavy (non-hydrogen) atoms. The van der Waals surface area contributed by atoms with E-state index in [2.05, 4.69) is 6.92 Å². The van der Waals surface area contributed by atoms with E-state index in [1.54, 1.807) is 6.92 Å². The zero-order valence-electron chi connectivity index (χ0n) is 15.9. The van der Waals surface area contributed by atoms with Gasteiger partial charge in [0, 0.05) is 16.9 Å². The van der Waals surface area contributed by atoms with Crippen LogP contribution >= 0.6 is 11.8 Å². The molecule has 0 amide bonds. The summed E-state index contributed by atoms with van der Waals surface area (Å²) in [5.74, 6) is 0.555. The summed E-state index contributed by atoms with van der Waals surface area (Å²) in [6.07, 6.45) is -3.39. The molecule has 146 valence electrons. The quantitative estimate of drug-likeness (QED) is 0.522. The minimum Gasteiger partial charge on any atom is -0.489 e. The molecule has 0 aromatic heterocycles. The Hall–Kier alpha value is -1.95. The Labute approximate surface area is 162 Å². The molecule has 0 saturated heterocycles. The molecule has 0 aliphatic rings. The first-order chi connectivity index (χ1) is 12.7. The van der Waals surface area contributed by atoms with Gasteiger partial charge in [-0.1, -0.05) is 37.7 Å². The second-order valence-corrected chi connectivity index (χ2v) is 7.39. The third-order valence-electron chi connectivity index (χ3n) is 4.34. The molecule has 0 aliphatic heterocycles. The van der Waals surface area contributed by atoms with Gasteiger partial charge in [0.1, 0.15) is 12.4 Å². The third-order valence-corrected chi connectivity index (χ3v) is 5.46. The lowest BCUT2D eigenvalue weighted by Gasteiger charge is -2.18. The highest BCUT2D eigenvalue weighted by Crippen LogP contribution is 2.37. The van der Waals surface area contributed by atoms with Gasteiger partial charge >= 0.3 is 6.18 Å². The lowest BCUT2D eigenvalue weighted by molar-refractivity contribution is -0.138. The number of aryl methyl sites for hydroxylation is 3. The summed E-state index contributed by atoms with van der Waals surface area (Å²) in [5, 5.41) is -0.185. The van der Waals surface area contributed by atoms with E-state index in [-0.39, 0.29) is 28.6 Å². The molecule has 0 N–H and O–H groups in total. The molecule has 0 saturated carbocycles. The SMILES string of the molecule is CCC(=O)Sc1cccc(C(F)(F)F)c1COc1cc(C)c(CC)cc1C. The minimum absolute atomic E-state index is 0.00609. The van der Waals surface area contributed by atoms with Crippen LogP contribution in [0, 0.1) is 13.8 Å². The smallest absolute Gasteiger partial charge is 0.416 e. The topological polar surface area (TPSA) is 26.3 Å². The first kappa shape index (κ1) is 21.4. The molecule has 0 unspecified atom stereocenters. The average Bonchev–Trinajstić information content (AvgIpc) is 2.61. The first-order valence-corrected chi connectivity index (χ1v) is 9.61. The van der Waals surface area contributed by atoms with Crippen molar-refractivity contribution in [1.82, 2.24) is 0 Å². The van der Waals surface area contributed by atoms with Crippen molar-refractivity contribution in [3.05, 3.63) is 58.1 Å². The summed E-state index contributed by atoms with van der Waals surface area (Å²) in [5.41, 5.74) is 2.32. The number of rotatable bonds is 6. The Morgan fingerprint density at radius 2 is 1.81 bits per heavy atom. The van der Waals surface area contributed by atoms with Gasteiger partial charge < -0.3 is 4.74 Å². The van der Waals surface area contributed by atoms with E-state index in [0.717, 1.165) is 35.4 Å². The molecule has 2 nitrogen and oxygen atoms in total. The normalized spacial score (nSPS) is 11.5. The summed E-state index contributed by atoms with van der Waals surface area (Å²) in [7, 11) is 0. The molecule has 0 atom stereocenters. The van der Waals surface area contributed by atoms with Crippen molar-refractivity contribution in [2.24, 2.45) is 0 Å². The van der Waals surface area contributed by atoms with Crippen LogP contribution in [0.2, 0.25) is 0 Å². The van der Waals surface area contributed by atoms with E-state index in [9.17, 15) is 18.0 Å². The molecule has 2 aromatic carbocycles. The minimum atomic E-state index is -4.51. The van der Waals surface area contributed by atoms with Gasteiger partial charge in [0.05, 0.1) is 5.56 Å². The zero-order chi connectivity index (χ0) is 20.2. The Balaban J connectivity index is 2.39. The van der Waals surface area contributed by atoms with E-state index in [1.165, 1.54) is 17.7 Å². The third kappa shape index (κ3) is 5.28. The van der Waals surface area contributed by atoms with Gasteiger partial charge in [-0.05, 0) is 55.2 Å². The number of halogens is 3. The Morgan fingerprint density at radius 3 is 2.41 bits per heavy atom. The molecule has 0 radical (unpaired) electrons. The van der Waals surface area contributed by atoms with Crippen molar-refractivity contribution in [2.75, 3.05) is 0 Å². The van der Waals surface area contributed by atoms with Gasteiger partial charge in [0.25, 0.3) is 0 Å². The summed E-state index contributed by atoms with van der Waals surface area (Å²) < 4.78 is 46.2. The van der Waals surface area contributed by atoms with Crippen molar-refractivity contribution in [3.63, 3.8) is 0 Å². The second-order valence-electron chi connectivity index (χ2n) is 6.29. The fourth-order valence-electron chi connectivity index (χ4n) is 2.81. The Kier molecular flexibility index (Phi) is 6.98. The van der Waals surface area contributed by atoms with Crippen LogP contribution in [0.4, 0.5) is 13.2 Å². The number of thioether (sulfide) groups is 1. The maximum atomic E-state index is 13.5. The van der Waals surface area contributed by atoms with E-state index in [4.69, 9.17) is 4.74 Å². The molecule has 0 heterocycles.